The SMILES string of the molecule is CC(C)CCC[C@@H](C)C1CCC2C3CC=C4CC(NCCNc5c(N(CCCN(C)C)CCCN(C)C)c(=O)c5=O)CCC4(C)C3CCC21C.O=CO. The Balaban J connectivity index is 0.00000202. The molecule has 1 aromatic rings. The highest BCUT2D eigenvalue weighted by Crippen LogP contribution is 2.67. The van der Waals surface area contributed by atoms with E-state index in [0.717, 1.165) is 87.5 Å². The van der Waals surface area contributed by atoms with Crippen molar-refractivity contribution in [3.8, 4) is 0 Å². The average Bonchev–Trinajstić information content (AvgIpc) is 3.46. The minimum Gasteiger partial charge on any atom is -0.483 e. The van der Waals surface area contributed by atoms with Gasteiger partial charge in [0.25, 0.3) is 17.3 Å². The van der Waals surface area contributed by atoms with Gasteiger partial charge in [-0.05, 0) is 152 Å². The van der Waals surface area contributed by atoms with Crippen molar-refractivity contribution < 1.29 is 9.90 Å². The fraction of sp³-hybridized carbons (Fsp3) is 0.841. The highest BCUT2D eigenvalue weighted by atomic mass is 16.3. The highest BCUT2D eigenvalue weighted by Gasteiger charge is 2.59. The summed E-state index contributed by atoms with van der Waals surface area (Å²) in [4.78, 5) is 40.4. The number of nitrogens with zero attached hydrogens (tertiary/aromatic N) is 3. The Kier molecular flexibility index (Phi) is 16.1. The fourth-order valence-corrected chi connectivity index (χ4v) is 11.7. The third-order valence-corrected chi connectivity index (χ3v) is 14.4. The van der Waals surface area contributed by atoms with Crippen molar-refractivity contribution in [2.45, 2.75) is 124 Å². The number of carbonyl (C=O) groups is 1. The second-order valence-corrected chi connectivity index (χ2v) is 18.9. The largest absolute Gasteiger partial charge is 0.483 e. The van der Waals surface area contributed by atoms with Gasteiger partial charge in [-0.2, -0.15) is 0 Å². The molecule has 302 valence electrons. The van der Waals surface area contributed by atoms with E-state index in [2.05, 4.69) is 94.2 Å². The predicted octanol–water partition coefficient (Wildman–Crippen LogP) is 7.10. The minimum atomic E-state index is -0.349. The van der Waals surface area contributed by atoms with Crippen molar-refractivity contribution in [3.05, 3.63) is 32.1 Å². The maximum absolute atomic E-state index is 12.8. The maximum atomic E-state index is 12.8. The predicted molar refractivity (Wildman–Crippen MR) is 222 cm³/mol. The Bertz CT molecular complexity index is 1390. The van der Waals surface area contributed by atoms with Crippen LogP contribution in [0.15, 0.2) is 21.2 Å². The molecule has 0 aliphatic heterocycles. The van der Waals surface area contributed by atoms with Gasteiger partial charge in [-0.1, -0.05) is 65.5 Å². The molecule has 7 unspecified atom stereocenters. The molecule has 0 aromatic heterocycles. The molecule has 9 nitrogen and oxygen atoms in total. The molecule has 3 N–H and O–H groups in total. The van der Waals surface area contributed by atoms with Gasteiger partial charge in [0.1, 0.15) is 11.4 Å². The molecule has 0 bridgehead atoms. The molecule has 8 atom stereocenters. The number of nitrogens with one attached hydrogen (secondary N) is 2. The van der Waals surface area contributed by atoms with Gasteiger partial charge in [-0.3, -0.25) is 14.4 Å². The zero-order valence-electron chi connectivity index (χ0n) is 35.1. The monoisotopic (exact) mass is 740 g/mol. The molecule has 0 heterocycles. The Morgan fingerprint density at radius 3 is 2.13 bits per heavy atom. The first-order valence-electron chi connectivity index (χ1n) is 21.3. The number of rotatable bonds is 19. The molecular formula is C44H77N5O4. The molecule has 4 aliphatic carbocycles. The topological polar surface area (TPSA) is 105 Å². The van der Waals surface area contributed by atoms with Crippen LogP contribution >= 0.6 is 0 Å². The molecule has 1 aromatic carbocycles. The first kappa shape index (κ1) is 43.5. The van der Waals surface area contributed by atoms with Crippen LogP contribution < -0.4 is 26.4 Å². The Morgan fingerprint density at radius 1 is 0.849 bits per heavy atom. The van der Waals surface area contributed by atoms with Gasteiger partial charge >= 0.3 is 0 Å². The molecule has 3 fully saturated rings. The van der Waals surface area contributed by atoms with E-state index < -0.39 is 0 Å². The lowest BCUT2D eigenvalue weighted by Crippen LogP contribution is -2.52. The molecule has 3 saturated carbocycles. The molecule has 0 radical (unpaired) electrons. The summed E-state index contributed by atoms with van der Waals surface area (Å²) in [6, 6.07) is 0.491. The Hall–Kier alpha value is -2.23. The second-order valence-electron chi connectivity index (χ2n) is 18.9. The summed E-state index contributed by atoms with van der Waals surface area (Å²) >= 11 is 0. The quantitative estimate of drug-likeness (QED) is 0.0593. The molecule has 0 spiro atoms. The third kappa shape index (κ3) is 10.3. The van der Waals surface area contributed by atoms with Crippen molar-refractivity contribution in [2.75, 3.05) is 77.7 Å². The van der Waals surface area contributed by atoms with Crippen molar-refractivity contribution in [2.24, 2.45) is 46.3 Å². The second kappa shape index (κ2) is 19.6. The number of hydrogen-bond donors (Lipinski definition) is 3. The summed E-state index contributed by atoms with van der Waals surface area (Å²) in [7, 11) is 8.31. The molecular weight excluding hydrogens is 663 g/mol. The van der Waals surface area contributed by atoms with Gasteiger partial charge in [-0.25, -0.2) is 0 Å². The number of allylic oxidation sites excluding steroid dienone is 1. The van der Waals surface area contributed by atoms with Crippen LogP contribution in [0.2, 0.25) is 0 Å². The van der Waals surface area contributed by atoms with Crippen LogP contribution in [0.3, 0.4) is 0 Å². The molecule has 5 rings (SSSR count). The van der Waals surface area contributed by atoms with Crippen LogP contribution in [0.4, 0.5) is 11.4 Å². The van der Waals surface area contributed by atoms with E-state index >= 15 is 0 Å². The molecule has 9 heteroatoms. The van der Waals surface area contributed by atoms with E-state index in [1.165, 1.54) is 64.2 Å². The third-order valence-electron chi connectivity index (χ3n) is 14.4. The first-order valence-corrected chi connectivity index (χ1v) is 21.3. The summed E-state index contributed by atoms with van der Waals surface area (Å²) in [6.45, 7) is 17.4. The van der Waals surface area contributed by atoms with E-state index in [-0.39, 0.29) is 17.3 Å². The van der Waals surface area contributed by atoms with E-state index in [9.17, 15) is 9.59 Å². The van der Waals surface area contributed by atoms with E-state index in [1.54, 1.807) is 5.57 Å². The van der Waals surface area contributed by atoms with Crippen molar-refractivity contribution in [1.29, 1.82) is 0 Å². The standard InChI is InChI=1S/C43H75N5O2.CH2O2/c1-30(2)13-10-14-31(3)35-17-18-36-34-16-15-32-29-33(19-21-42(32,4)37(34)20-22-43(35,36)5)44-23-24-45-38-39(41(50)40(38)49)48(27-11-25-46(6)7)28-12-26-47(8)9;2-1-3/h15,30-31,33-37,44-45H,10-14,16-29H2,1-9H3;1H,(H,2,3)/t31-,33?,34?,35?,36?,37?,42?,43?;/m1./s1. The molecule has 53 heavy (non-hydrogen) atoms. The first-order chi connectivity index (χ1) is 25.2. The fourth-order valence-electron chi connectivity index (χ4n) is 11.7. The van der Waals surface area contributed by atoms with Gasteiger partial charge < -0.3 is 30.4 Å². The van der Waals surface area contributed by atoms with Crippen LogP contribution in [0.5, 0.6) is 0 Å². The lowest BCUT2D eigenvalue weighted by molar-refractivity contribution is -0.122. The summed E-state index contributed by atoms with van der Waals surface area (Å²) in [6.07, 6.45) is 19.6. The lowest BCUT2D eigenvalue weighted by Gasteiger charge is -2.58. The Morgan fingerprint density at radius 2 is 1.51 bits per heavy atom. The number of carboxylic acid groups (broad SMARTS) is 1. The number of anilines is 2. The Labute approximate surface area is 322 Å². The normalized spacial score (nSPS) is 30.0. The van der Waals surface area contributed by atoms with Gasteiger partial charge in [0, 0.05) is 32.2 Å². The average molecular weight is 740 g/mol. The van der Waals surface area contributed by atoms with E-state index in [1.807, 2.05) is 0 Å². The van der Waals surface area contributed by atoms with Crippen LogP contribution in [-0.2, 0) is 4.79 Å². The van der Waals surface area contributed by atoms with Crippen molar-refractivity contribution in [3.63, 3.8) is 0 Å². The summed E-state index contributed by atoms with van der Waals surface area (Å²) < 4.78 is 0. The maximum Gasteiger partial charge on any atom is 0.290 e. The van der Waals surface area contributed by atoms with Crippen molar-refractivity contribution >= 4 is 17.8 Å². The van der Waals surface area contributed by atoms with E-state index in [4.69, 9.17) is 9.90 Å². The van der Waals surface area contributed by atoms with Crippen LogP contribution in [-0.4, -0.2) is 94.9 Å². The number of hydrogen-bond acceptors (Lipinski definition) is 8. The van der Waals surface area contributed by atoms with E-state index in [0.29, 0.717) is 34.8 Å². The van der Waals surface area contributed by atoms with Crippen molar-refractivity contribution in [1.82, 2.24) is 15.1 Å². The van der Waals surface area contributed by atoms with Gasteiger partial charge in [0.2, 0.25) is 0 Å². The zero-order valence-corrected chi connectivity index (χ0v) is 35.1. The van der Waals surface area contributed by atoms with Crippen LogP contribution in [0.25, 0.3) is 0 Å². The van der Waals surface area contributed by atoms with Crippen LogP contribution in [0.1, 0.15) is 118 Å². The highest BCUT2D eigenvalue weighted by molar-refractivity contribution is 5.75. The minimum absolute atomic E-state index is 0.250. The lowest BCUT2D eigenvalue weighted by atomic mass is 9.47. The summed E-state index contributed by atoms with van der Waals surface area (Å²) in [5, 5.41) is 14.1. The van der Waals surface area contributed by atoms with Gasteiger partial charge in [0.05, 0.1) is 0 Å². The van der Waals surface area contributed by atoms with Gasteiger partial charge in [0.15, 0.2) is 0 Å². The van der Waals surface area contributed by atoms with Gasteiger partial charge in [-0.15, -0.1) is 0 Å². The van der Waals surface area contributed by atoms with Crippen LogP contribution in [0, 0.1) is 46.3 Å². The smallest absolute Gasteiger partial charge is 0.290 e. The summed E-state index contributed by atoms with van der Waals surface area (Å²) in [5.41, 5.74) is 3.11. The molecule has 4 aliphatic rings. The zero-order chi connectivity index (χ0) is 38.9. The molecule has 0 amide bonds. The summed E-state index contributed by atoms with van der Waals surface area (Å²) in [5.74, 6) is 5.25. The number of fused-ring (bicyclic) bond motifs is 5. The molecule has 0 saturated heterocycles.